The van der Waals surface area contributed by atoms with Crippen LogP contribution in [0.1, 0.15) is 20.3 Å². The maximum atomic E-state index is 11.9. The fourth-order valence-electron chi connectivity index (χ4n) is 1.37. The number of amides is 1. The second-order valence-electron chi connectivity index (χ2n) is 3.82. The molecule has 104 valence electrons. The van der Waals surface area contributed by atoms with Crippen LogP contribution in [0.2, 0.25) is 0 Å². The summed E-state index contributed by atoms with van der Waals surface area (Å²) in [6.45, 7) is 6.60. The molecule has 0 aliphatic carbocycles. The van der Waals surface area contributed by atoms with Crippen molar-refractivity contribution in [2.24, 2.45) is 0 Å². The molecule has 1 amide bonds. The molecule has 0 heterocycles. The monoisotopic (exact) mass is 277 g/mol. The van der Waals surface area contributed by atoms with E-state index in [0.717, 1.165) is 0 Å². The van der Waals surface area contributed by atoms with Gasteiger partial charge in [-0.15, -0.1) is 6.58 Å². The first-order valence-corrected chi connectivity index (χ1v) is 7.30. The molecule has 0 aromatic carbocycles. The Hall–Kier alpha value is -1.37. The number of carbonyl (C=O) groups is 2. The van der Waals surface area contributed by atoms with Gasteiger partial charge in [-0.05, 0) is 13.8 Å². The molecule has 0 bridgehead atoms. The first kappa shape index (κ1) is 16.6. The molecule has 0 saturated heterocycles. The van der Waals surface area contributed by atoms with Crippen molar-refractivity contribution in [3.63, 3.8) is 0 Å². The fraction of sp³-hybridized carbons (Fsp3) is 0.636. The van der Waals surface area contributed by atoms with E-state index in [0.29, 0.717) is 0 Å². The highest BCUT2D eigenvalue weighted by molar-refractivity contribution is 7.92. The van der Waals surface area contributed by atoms with Gasteiger partial charge in [0.1, 0.15) is 5.25 Å². The molecule has 0 fully saturated rings. The van der Waals surface area contributed by atoms with Crippen molar-refractivity contribution in [3.05, 3.63) is 12.7 Å². The molecule has 0 rings (SSSR count). The Morgan fingerprint density at radius 2 is 2.00 bits per heavy atom. The van der Waals surface area contributed by atoms with Gasteiger partial charge < -0.3 is 10.0 Å². The standard InChI is InChI=1S/C11H19NO5S/c1-4-8-18(16,17)9(3)11(15)12(5-2)7-6-10(13)14/h4,9H,1,5-8H2,2-3H3,(H,13,14). The third-order valence-electron chi connectivity index (χ3n) is 2.53. The van der Waals surface area contributed by atoms with Gasteiger partial charge in [-0.25, -0.2) is 8.42 Å². The van der Waals surface area contributed by atoms with Crippen LogP contribution < -0.4 is 0 Å². The summed E-state index contributed by atoms with van der Waals surface area (Å²) in [5.74, 6) is -1.86. The molecule has 0 aromatic heterocycles. The lowest BCUT2D eigenvalue weighted by molar-refractivity contribution is -0.138. The first-order valence-electron chi connectivity index (χ1n) is 5.59. The largest absolute Gasteiger partial charge is 0.481 e. The Morgan fingerprint density at radius 1 is 1.44 bits per heavy atom. The van der Waals surface area contributed by atoms with Gasteiger partial charge in [0.15, 0.2) is 9.84 Å². The van der Waals surface area contributed by atoms with E-state index < -0.39 is 27.0 Å². The lowest BCUT2D eigenvalue weighted by atomic mass is 10.3. The molecule has 18 heavy (non-hydrogen) atoms. The Labute approximate surface area is 107 Å². The summed E-state index contributed by atoms with van der Waals surface area (Å²) in [6, 6.07) is 0. The minimum atomic E-state index is -3.56. The first-order chi connectivity index (χ1) is 8.26. The second kappa shape index (κ2) is 7.15. The highest BCUT2D eigenvalue weighted by atomic mass is 32.2. The Kier molecular flexibility index (Phi) is 6.61. The lowest BCUT2D eigenvalue weighted by Gasteiger charge is -2.23. The van der Waals surface area contributed by atoms with Crippen LogP contribution in [0.4, 0.5) is 0 Å². The maximum Gasteiger partial charge on any atom is 0.305 e. The summed E-state index contributed by atoms with van der Waals surface area (Å²) >= 11 is 0. The molecule has 1 unspecified atom stereocenters. The average Bonchev–Trinajstić information content (AvgIpc) is 2.28. The predicted molar refractivity (Wildman–Crippen MR) is 68.0 cm³/mol. The smallest absolute Gasteiger partial charge is 0.305 e. The number of aliphatic carboxylic acids is 1. The van der Waals surface area contributed by atoms with Crippen LogP contribution in [0.15, 0.2) is 12.7 Å². The summed E-state index contributed by atoms with van der Waals surface area (Å²) in [7, 11) is -3.56. The van der Waals surface area contributed by atoms with Crippen molar-refractivity contribution in [2.75, 3.05) is 18.8 Å². The van der Waals surface area contributed by atoms with Crippen molar-refractivity contribution in [1.82, 2.24) is 4.90 Å². The van der Waals surface area contributed by atoms with E-state index in [2.05, 4.69) is 6.58 Å². The van der Waals surface area contributed by atoms with Crippen molar-refractivity contribution >= 4 is 21.7 Å². The van der Waals surface area contributed by atoms with Crippen LogP contribution in [0.3, 0.4) is 0 Å². The third kappa shape index (κ3) is 4.87. The number of nitrogens with zero attached hydrogens (tertiary/aromatic N) is 1. The van der Waals surface area contributed by atoms with E-state index in [4.69, 9.17) is 5.11 Å². The van der Waals surface area contributed by atoms with E-state index in [1.54, 1.807) is 6.92 Å². The molecule has 0 saturated carbocycles. The zero-order valence-corrected chi connectivity index (χ0v) is 11.4. The highest BCUT2D eigenvalue weighted by Gasteiger charge is 2.30. The summed E-state index contributed by atoms with van der Waals surface area (Å²) in [6.07, 6.45) is 1.03. The number of sulfone groups is 1. The molecule has 1 N–H and O–H groups in total. The van der Waals surface area contributed by atoms with Crippen LogP contribution in [0.5, 0.6) is 0 Å². The van der Waals surface area contributed by atoms with E-state index in [1.807, 2.05) is 0 Å². The second-order valence-corrected chi connectivity index (χ2v) is 6.19. The Morgan fingerprint density at radius 3 is 2.39 bits per heavy atom. The van der Waals surface area contributed by atoms with E-state index in [1.165, 1.54) is 17.9 Å². The minimum absolute atomic E-state index is 0.0125. The van der Waals surface area contributed by atoms with E-state index >= 15 is 0 Å². The Balaban J connectivity index is 4.78. The highest BCUT2D eigenvalue weighted by Crippen LogP contribution is 2.08. The molecule has 0 radical (unpaired) electrons. The van der Waals surface area contributed by atoms with Gasteiger partial charge in [-0.1, -0.05) is 6.08 Å². The zero-order valence-electron chi connectivity index (χ0n) is 10.6. The summed E-state index contributed by atoms with van der Waals surface area (Å²) in [4.78, 5) is 23.6. The zero-order chi connectivity index (χ0) is 14.3. The molecule has 7 heteroatoms. The van der Waals surface area contributed by atoms with Gasteiger partial charge in [0.2, 0.25) is 5.91 Å². The average molecular weight is 277 g/mol. The summed E-state index contributed by atoms with van der Waals surface area (Å²) < 4.78 is 23.4. The van der Waals surface area contributed by atoms with Crippen LogP contribution in [0.25, 0.3) is 0 Å². The lowest BCUT2D eigenvalue weighted by Crippen LogP contribution is -2.42. The van der Waals surface area contributed by atoms with Gasteiger partial charge >= 0.3 is 5.97 Å². The van der Waals surface area contributed by atoms with Crippen LogP contribution in [-0.2, 0) is 19.4 Å². The number of carboxylic acid groups (broad SMARTS) is 1. The number of hydrogen-bond acceptors (Lipinski definition) is 4. The quantitative estimate of drug-likeness (QED) is 0.644. The molecular weight excluding hydrogens is 258 g/mol. The number of rotatable bonds is 8. The van der Waals surface area contributed by atoms with Gasteiger partial charge in [0, 0.05) is 13.1 Å². The molecule has 0 aliphatic rings. The molecule has 6 nitrogen and oxygen atoms in total. The molecule has 0 aliphatic heterocycles. The van der Waals surface area contributed by atoms with Crippen molar-refractivity contribution in [1.29, 1.82) is 0 Å². The SMILES string of the molecule is C=CCS(=O)(=O)C(C)C(=O)N(CC)CCC(=O)O. The number of carboxylic acids is 1. The summed E-state index contributed by atoms with van der Waals surface area (Å²) in [5.41, 5.74) is 0. The number of hydrogen-bond donors (Lipinski definition) is 1. The Bertz CT molecular complexity index is 415. The van der Waals surface area contributed by atoms with Gasteiger partial charge in [0.05, 0.1) is 12.2 Å². The van der Waals surface area contributed by atoms with Gasteiger partial charge in [0.25, 0.3) is 0 Å². The summed E-state index contributed by atoms with van der Waals surface area (Å²) in [5, 5.41) is 7.38. The van der Waals surface area contributed by atoms with Crippen LogP contribution >= 0.6 is 0 Å². The molecule has 1 atom stereocenters. The fourth-order valence-corrected chi connectivity index (χ4v) is 2.45. The van der Waals surface area contributed by atoms with Crippen LogP contribution in [-0.4, -0.2) is 54.4 Å². The van der Waals surface area contributed by atoms with Crippen molar-refractivity contribution < 1.29 is 23.1 Å². The van der Waals surface area contributed by atoms with E-state index in [9.17, 15) is 18.0 Å². The van der Waals surface area contributed by atoms with Gasteiger partial charge in [-0.3, -0.25) is 9.59 Å². The molecule has 0 aromatic rings. The maximum absolute atomic E-state index is 11.9. The van der Waals surface area contributed by atoms with Crippen LogP contribution in [0, 0.1) is 0 Å². The molecule has 0 spiro atoms. The van der Waals surface area contributed by atoms with Crippen molar-refractivity contribution in [2.45, 2.75) is 25.5 Å². The van der Waals surface area contributed by atoms with E-state index in [-0.39, 0.29) is 25.3 Å². The number of carbonyl (C=O) groups excluding carboxylic acids is 1. The predicted octanol–water partition coefficient (Wildman–Crippen LogP) is 0.299. The topological polar surface area (TPSA) is 91.8 Å². The minimum Gasteiger partial charge on any atom is -0.481 e. The molecular formula is C11H19NO5S. The van der Waals surface area contributed by atoms with Crippen molar-refractivity contribution in [3.8, 4) is 0 Å². The normalized spacial score (nSPS) is 12.8. The van der Waals surface area contributed by atoms with Gasteiger partial charge in [-0.2, -0.15) is 0 Å². The third-order valence-corrected chi connectivity index (χ3v) is 4.50.